The van der Waals surface area contributed by atoms with Crippen LogP contribution in [0.5, 0.6) is 0 Å². The lowest BCUT2D eigenvalue weighted by Gasteiger charge is -2.26. The van der Waals surface area contributed by atoms with Crippen molar-refractivity contribution in [2.24, 2.45) is 17.2 Å². The molecule has 0 spiro atoms. The van der Waals surface area contributed by atoms with Gasteiger partial charge in [0.25, 0.3) is 0 Å². The molecule has 0 bridgehead atoms. The Bertz CT molecular complexity index is 405. The van der Waals surface area contributed by atoms with Crippen LogP contribution in [0.15, 0.2) is 12.3 Å². The van der Waals surface area contributed by atoms with Gasteiger partial charge in [-0.3, -0.25) is 16.0 Å². The first kappa shape index (κ1) is 18.2. The fourth-order valence-electron chi connectivity index (χ4n) is 3.00. The van der Waals surface area contributed by atoms with E-state index in [1.165, 1.54) is 6.42 Å². The maximum absolute atomic E-state index is 5.74. The predicted octanol–water partition coefficient (Wildman–Crippen LogP) is 3.69. The number of nitrogens with zero attached hydrogens (tertiary/aromatic N) is 2. The fourth-order valence-corrected chi connectivity index (χ4v) is 3.00. The van der Waals surface area contributed by atoms with Crippen molar-refractivity contribution in [3.63, 3.8) is 0 Å². The van der Waals surface area contributed by atoms with Crippen LogP contribution in [0, 0.1) is 11.3 Å². The van der Waals surface area contributed by atoms with Crippen molar-refractivity contribution in [3.05, 3.63) is 18.0 Å². The molecule has 0 fully saturated rings. The Hall–Kier alpha value is -0.870. The smallest absolute Gasteiger partial charge is 0.0640 e. The number of nitrogens with two attached hydrogens (primary N) is 1. The van der Waals surface area contributed by atoms with E-state index in [4.69, 9.17) is 5.84 Å². The first-order valence-electron chi connectivity index (χ1n) is 8.25. The van der Waals surface area contributed by atoms with Crippen molar-refractivity contribution < 1.29 is 0 Å². The summed E-state index contributed by atoms with van der Waals surface area (Å²) in [5.74, 6) is 6.40. The van der Waals surface area contributed by atoms with Crippen LogP contribution in [0.3, 0.4) is 0 Å². The van der Waals surface area contributed by atoms with E-state index in [9.17, 15) is 0 Å². The van der Waals surface area contributed by atoms with E-state index in [2.05, 4.69) is 69.0 Å². The van der Waals surface area contributed by atoms with E-state index < -0.39 is 0 Å². The standard InChI is InChI=1S/C17H34N4/c1-7-14(3)21-9-8-15(20-21)11-16(19-18)10-13(2)12-17(4,5)6/h8-9,13-14,16,19H,7,10-12,18H2,1-6H3. The van der Waals surface area contributed by atoms with Gasteiger partial charge in [-0.15, -0.1) is 0 Å². The molecular weight excluding hydrogens is 260 g/mol. The molecule has 0 aliphatic carbocycles. The van der Waals surface area contributed by atoms with Gasteiger partial charge in [-0.1, -0.05) is 34.6 Å². The number of hydrazine groups is 1. The quantitative estimate of drug-likeness (QED) is 0.568. The zero-order chi connectivity index (χ0) is 16.0. The Balaban J connectivity index is 2.55. The Morgan fingerprint density at radius 1 is 1.33 bits per heavy atom. The van der Waals surface area contributed by atoms with Crippen LogP contribution in [0.2, 0.25) is 0 Å². The van der Waals surface area contributed by atoms with E-state index in [0.717, 1.165) is 25.0 Å². The SMILES string of the molecule is CCC(C)n1ccc(CC(CC(C)CC(C)(C)C)NN)n1. The third kappa shape index (κ3) is 6.62. The highest BCUT2D eigenvalue weighted by atomic mass is 15.3. The molecule has 3 unspecified atom stereocenters. The number of hydrogen-bond acceptors (Lipinski definition) is 3. The van der Waals surface area contributed by atoms with E-state index >= 15 is 0 Å². The highest BCUT2D eigenvalue weighted by molar-refractivity contribution is 5.02. The van der Waals surface area contributed by atoms with E-state index in [-0.39, 0.29) is 0 Å². The second kappa shape index (κ2) is 7.95. The molecule has 0 saturated carbocycles. The number of nitrogens with one attached hydrogen (secondary N) is 1. The zero-order valence-corrected chi connectivity index (χ0v) is 14.7. The van der Waals surface area contributed by atoms with Crippen LogP contribution in [0.4, 0.5) is 0 Å². The van der Waals surface area contributed by atoms with Gasteiger partial charge in [0.2, 0.25) is 0 Å². The van der Waals surface area contributed by atoms with Gasteiger partial charge in [-0.25, -0.2) is 0 Å². The molecule has 3 atom stereocenters. The molecule has 1 aromatic rings. The normalized spacial score (nSPS) is 16.7. The Labute approximate surface area is 130 Å². The maximum Gasteiger partial charge on any atom is 0.0640 e. The summed E-state index contributed by atoms with van der Waals surface area (Å²) < 4.78 is 2.06. The Morgan fingerprint density at radius 2 is 2.00 bits per heavy atom. The average Bonchev–Trinajstić information content (AvgIpc) is 2.83. The van der Waals surface area contributed by atoms with Crippen molar-refractivity contribution in [3.8, 4) is 0 Å². The summed E-state index contributed by atoms with van der Waals surface area (Å²) in [7, 11) is 0. The lowest BCUT2D eigenvalue weighted by Crippen LogP contribution is -2.38. The van der Waals surface area contributed by atoms with Gasteiger partial charge in [0.15, 0.2) is 0 Å². The first-order chi connectivity index (χ1) is 9.75. The second-order valence-electron chi connectivity index (χ2n) is 7.72. The molecule has 0 aromatic carbocycles. The van der Waals surface area contributed by atoms with Gasteiger partial charge in [-0.05, 0) is 43.6 Å². The third-order valence-corrected chi connectivity index (χ3v) is 4.04. The predicted molar refractivity (Wildman–Crippen MR) is 89.9 cm³/mol. The van der Waals surface area contributed by atoms with Crippen molar-refractivity contribution in [2.75, 3.05) is 0 Å². The minimum absolute atomic E-state index is 0.294. The first-order valence-corrected chi connectivity index (χ1v) is 8.25. The third-order valence-electron chi connectivity index (χ3n) is 4.04. The van der Waals surface area contributed by atoms with Crippen LogP contribution in [-0.2, 0) is 6.42 Å². The molecule has 4 heteroatoms. The highest BCUT2D eigenvalue weighted by Crippen LogP contribution is 2.27. The van der Waals surface area contributed by atoms with Gasteiger partial charge in [0.05, 0.1) is 5.69 Å². The van der Waals surface area contributed by atoms with Crippen molar-refractivity contribution in [2.45, 2.75) is 79.3 Å². The Morgan fingerprint density at radius 3 is 2.52 bits per heavy atom. The van der Waals surface area contributed by atoms with Crippen LogP contribution >= 0.6 is 0 Å². The van der Waals surface area contributed by atoms with Crippen molar-refractivity contribution in [1.29, 1.82) is 0 Å². The summed E-state index contributed by atoms with van der Waals surface area (Å²) in [6.45, 7) is 13.6. The molecular formula is C17H34N4. The minimum Gasteiger partial charge on any atom is -0.271 e. The lowest BCUT2D eigenvalue weighted by molar-refractivity contribution is 0.274. The molecule has 4 nitrogen and oxygen atoms in total. The molecule has 0 aliphatic rings. The summed E-state index contributed by atoms with van der Waals surface area (Å²) in [4.78, 5) is 0. The lowest BCUT2D eigenvalue weighted by atomic mass is 9.82. The molecule has 0 saturated heterocycles. The Kier molecular flexibility index (Phi) is 6.88. The molecule has 1 heterocycles. The molecule has 1 rings (SSSR count). The number of hydrogen-bond donors (Lipinski definition) is 2. The van der Waals surface area contributed by atoms with Crippen molar-refractivity contribution in [1.82, 2.24) is 15.2 Å². The van der Waals surface area contributed by atoms with Gasteiger partial charge >= 0.3 is 0 Å². The average molecular weight is 294 g/mol. The van der Waals surface area contributed by atoms with Crippen LogP contribution in [-0.4, -0.2) is 15.8 Å². The van der Waals surface area contributed by atoms with E-state index in [1.54, 1.807) is 0 Å². The molecule has 0 radical (unpaired) electrons. The summed E-state index contributed by atoms with van der Waals surface area (Å²) in [5.41, 5.74) is 4.47. The van der Waals surface area contributed by atoms with Gasteiger partial charge in [-0.2, -0.15) is 5.10 Å². The number of aromatic nitrogens is 2. The minimum atomic E-state index is 0.294. The molecule has 3 N–H and O–H groups in total. The van der Waals surface area contributed by atoms with Gasteiger partial charge < -0.3 is 0 Å². The largest absolute Gasteiger partial charge is 0.271 e. The van der Waals surface area contributed by atoms with Gasteiger partial charge in [0.1, 0.15) is 0 Å². The maximum atomic E-state index is 5.74. The van der Waals surface area contributed by atoms with E-state index in [0.29, 0.717) is 23.4 Å². The molecule has 122 valence electrons. The fraction of sp³-hybridized carbons (Fsp3) is 0.824. The van der Waals surface area contributed by atoms with Crippen LogP contribution in [0.1, 0.15) is 72.5 Å². The zero-order valence-electron chi connectivity index (χ0n) is 14.7. The monoisotopic (exact) mass is 294 g/mol. The summed E-state index contributed by atoms with van der Waals surface area (Å²) in [6.07, 6.45) is 6.38. The molecule has 21 heavy (non-hydrogen) atoms. The van der Waals surface area contributed by atoms with Gasteiger partial charge in [0, 0.05) is 24.7 Å². The molecule has 1 aromatic heterocycles. The molecule has 0 aliphatic heterocycles. The molecule has 0 amide bonds. The highest BCUT2D eigenvalue weighted by Gasteiger charge is 2.19. The van der Waals surface area contributed by atoms with Crippen LogP contribution in [0.25, 0.3) is 0 Å². The number of rotatable bonds is 8. The second-order valence-corrected chi connectivity index (χ2v) is 7.72. The summed E-state index contributed by atoms with van der Waals surface area (Å²) >= 11 is 0. The summed E-state index contributed by atoms with van der Waals surface area (Å²) in [5, 5.41) is 4.67. The van der Waals surface area contributed by atoms with Crippen molar-refractivity contribution >= 4 is 0 Å². The van der Waals surface area contributed by atoms with E-state index in [1.807, 2.05) is 0 Å². The topological polar surface area (TPSA) is 55.9 Å². The summed E-state index contributed by atoms with van der Waals surface area (Å²) in [6, 6.07) is 2.87. The van der Waals surface area contributed by atoms with Crippen LogP contribution < -0.4 is 11.3 Å².